The predicted molar refractivity (Wildman–Crippen MR) is 166 cm³/mol. The highest BCUT2D eigenvalue weighted by atomic mass is 16.5. The van der Waals surface area contributed by atoms with E-state index in [0.717, 1.165) is 75.1 Å². The van der Waals surface area contributed by atoms with Crippen molar-refractivity contribution in [3.63, 3.8) is 0 Å². The fourth-order valence-corrected chi connectivity index (χ4v) is 6.32. The fourth-order valence-electron chi connectivity index (χ4n) is 6.32. The van der Waals surface area contributed by atoms with E-state index in [1.807, 2.05) is 41.9 Å². The van der Waals surface area contributed by atoms with Crippen LogP contribution in [0.15, 0.2) is 72.8 Å². The molecule has 4 heterocycles. The Balaban J connectivity index is 1.31. The molecular weight excluding hydrogens is 542 g/mol. The molecule has 0 spiro atoms. The first-order chi connectivity index (χ1) is 21.2. The maximum atomic E-state index is 13.6. The average Bonchev–Trinajstić information content (AvgIpc) is 3.55. The molecule has 0 amide bonds. The number of rotatable bonds is 7. The monoisotopic (exact) mass is 577 g/mol. The van der Waals surface area contributed by atoms with Gasteiger partial charge in [-0.15, -0.1) is 0 Å². The minimum absolute atomic E-state index is 0.301. The van der Waals surface area contributed by atoms with Crippen molar-refractivity contribution in [3.8, 4) is 22.8 Å². The van der Waals surface area contributed by atoms with Crippen LogP contribution < -0.4 is 9.47 Å². The Labute approximate surface area is 250 Å². The van der Waals surface area contributed by atoms with Gasteiger partial charge in [-0.1, -0.05) is 66.7 Å². The van der Waals surface area contributed by atoms with Gasteiger partial charge in [-0.25, -0.2) is 9.48 Å². The number of aryl methyl sites for hydroxylation is 2. The fraction of sp³-hybridized carbons (Fsp3) is 0.314. The zero-order valence-electron chi connectivity index (χ0n) is 24.4. The molecule has 43 heavy (non-hydrogen) atoms. The number of fused-ring (bicyclic) bond motifs is 5. The van der Waals surface area contributed by atoms with Crippen molar-refractivity contribution in [2.45, 2.75) is 45.9 Å². The molecule has 0 atom stereocenters. The maximum Gasteiger partial charge on any atom is 0.355 e. The first kappa shape index (κ1) is 27.3. The molecule has 5 aromatic rings. The number of hydrogen-bond acceptors (Lipinski definition) is 6. The predicted octanol–water partition coefficient (Wildman–Crippen LogP) is 6.72. The number of hydrogen-bond donors (Lipinski definition) is 0. The van der Waals surface area contributed by atoms with E-state index in [4.69, 9.17) is 24.0 Å². The highest BCUT2D eigenvalue weighted by molar-refractivity contribution is 6.05. The van der Waals surface area contributed by atoms with Gasteiger partial charge in [-0.3, -0.25) is 0 Å². The number of esters is 1. The van der Waals surface area contributed by atoms with E-state index in [0.29, 0.717) is 51.7 Å². The van der Waals surface area contributed by atoms with Crippen molar-refractivity contribution in [3.05, 3.63) is 89.8 Å². The topological polar surface area (TPSA) is 76.7 Å². The molecule has 0 saturated carbocycles. The Morgan fingerprint density at radius 2 is 1.88 bits per heavy atom. The quantitative estimate of drug-likeness (QED) is 0.122. The molecule has 2 aliphatic heterocycles. The molecule has 7 rings (SSSR count). The Bertz CT molecular complexity index is 1830. The summed E-state index contributed by atoms with van der Waals surface area (Å²) in [5, 5.41) is 8.16. The van der Waals surface area contributed by atoms with Gasteiger partial charge in [0.15, 0.2) is 0 Å². The SMILES string of the molecule is CCOC(=O)c1c(CCCOc2cccc3ccccc23)c2cccc3c2n1C/C=C\COCc1nn2c(c1-3)OCCC2. The molecule has 2 aliphatic rings. The third kappa shape index (κ3) is 5.06. The van der Waals surface area contributed by atoms with E-state index < -0.39 is 0 Å². The lowest BCUT2D eigenvalue weighted by Crippen LogP contribution is -2.15. The average molecular weight is 578 g/mol. The van der Waals surface area contributed by atoms with Gasteiger partial charge in [0.2, 0.25) is 5.88 Å². The Hall–Kier alpha value is -4.56. The molecule has 0 N–H and O–H groups in total. The smallest absolute Gasteiger partial charge is 0.355 e. The van der Waals surface area contributed by atoms with Crippen molar-refractivity contribution in [2.24, 2.45) is 0 Å². The molecule has 0 unspecified atom stereocenters. The van der Waals surface area contributed by atoms with Crippen LogP contribution in [0, 0.1) is 0 Å². The largest absolute Gasteiger partial charge is 0.493 e. The molecule has 2 aromatic heterocycles. The normalized spacial score (nSPS) is 15.3. The lowest BCUT2D eigenvalue weighted by atomic mass is 9.99. The number of allylic oxidation sites excluding steroid dienone is 1. The molecule has 0 radical (unpaired) electrons. The van der Waals surface area contributed by atoms with Gasteiger partial charge < -0.3 is 23.5 Å². The summed E-state index contributed by atoms with van der Waals surface area (Å²) in [7, 11) is 0. The van der Waals surface area contributed by atoms with E-state index >= 15 is 0 Å². The lowest BCUT2D eigenvalue weighted by Gasteiger charge is -2.17. The van der Waals surface area contributed by atoms with E-state index in [1.54, 1.807) is 0 Å². The first-order valence-electron chi connectivity index (χ1n) is 15.1. The summed E-state index contributed by atoms with van der Waals surface area (Å²) in [6.07, 6.45) is 6.36. The van der Waals surface area contributed by atoms with E-state index in [2.05, 4.69) is 47.0 Å². The van der Waals surface area contributed by atoms with Crippen molar-refractivity contribution in [1.82, 2.24) is 14.3 Å². The van der Waals surface area contributed by atoms with Crippen LogP contribution in [0.5, 0.6) is 11.6 Å². The van der Waals surface area contributed by atoms with Gasteiger partial charge in [-0.2, -0.15) is 5.10 Å². The van der Waals surface area contributed by atoms with Crippen molar-refractivity contribution in [2.75, 3.05) is 26.4 Å². The van der Waals surface area contributed by atoms with E-state index in [9.17, 15) is 4.79 Å². The van der Waals surface area contributed by atoms with Gasteiger partial charge in [-0.05, 0) is 36.8 Å². The molecule has 0 saturated heterocycles. The second kappa shape index (κ2) is 12.0. The molecule has 8 nitrogen and oxygen atoms in total. The van der Waals surface area contributed by atoms with Crippen LogP contribution >= 0.6 is 0 Å². The first-order valence-corrected chi connectivity index (χ1v) is 15.1. The second-order valence-electron chi connectivity index (χ2n) is 10.8. The zero-order chi connectivity index (χ0) is 29.2. The van der Waals surface area contributed by atoms with Gasteiger partial charge in [0.25, 0.3) is 0 Å². The summed E-state index contributed by atoms with van der Waals surface area (Å²) in [6.45, 7) is 5.46. The van der Waals surface area contributed by atoms with Gasteiger partial charge in [0, 0.05) is 35.8 Å². The zero-order valence-corrected chi connectivity index (χ0v) is 24.4. The molecule has 8 heteroatoms. The number of carbonyl (C=O) groups excluding carboxylic acids is 1. The third-order valence-corrected chi connectivity index (χ3v) is 8.14. The molecule has 220 valence electrons. The summed E-state index contributed by atoms with van der Waals surface area (Å²) in [5.74, 6) is 1.32. The summed E-state index contributed by atoms with van der Waals surface area (Å²) in [4.78, 5) is 13.6. The Morgan fingerprint density at radius 3 is 2.81 bits per heavy atom. The molecule has 3 aromatic carbocycles. The van der Waals surface area contributed by atoms with Crippen molar-refractivity contribution in [1.29, 1.82) is 0 Å². The van der Waals surface area contributed by atoms with Crippen LogP contribution in [0.4, 0.5) is 0 Å². The van der Waals surface area contributed by atoms with Crippen LogP contribution in [-0.2, 0) is 35.6 Å². The molecule has 0 aliphatic carbocycles. The number of aromatic nitrogens is 3. The van der Waals surface area contributed by atoms with Crippen molar-refractivity contribution < 1.29 is 23.7 Å². The van der Waals surface area contributed by atoms with Crippen LogP contribution in [0.2, 0.25) is 0 Å². The van der Waals surface area contributed by atoms with Gasteiger partial charge >= 0.3 is 5.97 Å². The van der Waals surface area contributed by atoms with Crippen LogP contribution in [0.3, 0.4) is 0 Å². The van der Waals surface area contributed by atoms with E-state index in [1.165, 1.54) is 0 Å². The van der Waals surface area contributed by atoms with Crippen LogP contribution in [0.1, 0.15) is 41.5 Å². The van der Waals surface area contributed by atoms with Crippen LogP contribution in [-0.4, -0.2) is 46.7 Å². The van der Waals surface area contributed by atoms with Crippen molar-refractivity contribution >= 4 is 27.6 Å². The second-order valence-corrected chi connectivity index (χ2v) is 10.8. The standard InChI is InChI=1S/C35H35N3O5/c1-2-41-35(39)33-27(16-9-21-42-30-17-7-12-24-11-3-4-13-25(24)30)26-14-8-15-28-31-29(36-38-19-10-22-43-34(31)38)23-40-20-6-5-18-37(33)32(26)28/h3-8,11-15,17H,2,9-10,16,18-23H2,1H3/b6-5-. The molecule has 0 bridgehead atoms. The summed E-state index contributed by atoms with van der Waals surface area (Å²) in [6, 6.07) is 20.6. The minimum atomic E-state index is -0.317. The van der Waals surface area contributed by atoms with Gasteiger partial charge in [0.05, 0.1) is 44.1 Å². The number of benzene rings is 3. The minimum Gasteiger partial charge on any atom is -0.493 e. The Kier molecular flexibility index (Phi) is 7.60. The highest BCUT2D eigenvalue weighted by Crippen LogP contribution is 2.42. The van der Waals surface area contributed by atoms with Crippen LogP contribution in [0.25, 0.3) is 32.8 Å². The highest BCUT2D eigenvalue weighted by Gasteiger charge is 2.30. The number of para-hydroxylation sites is 1. The summed E-state index contributed by atoms with van der Waals surface area (Å²) < 4.78 is 28.1. The third-order valence-electron chi connectivity index (χ3n) is 8.14. The summed E-state index contributed by atoms with van der Waals surface area (Å²) >= 11 is 0. The Morgan fingerprint density at radius 1 is 1.02 bits per heavy atom. The molecule has 0 fully saturated rings. The number of nitrogens with zero attached hydrogens (tertiary/aromatic N) is 3. The number of ether oxygens (including phenoxy) is 4. The van der Waals surface area contributed by atoms with Gasteiger partial charge in [0.1, 0.15) is 17.1 Å². The molecular formula is C35H35N3O5. The number of carbonyl (C=O) groups is 1. The van der Waals surface area contributed by atoms with E-state index in [-0.39, 0.29) is 5.97 Å². The summed E-state index contributed by atoms with van der Waals surface area (Å²) in [5.41, 5.74) is 5.30. The maximum absolute atomic E-state index is 13.6. The lowest BCUT2D eigenvalue weighted by molar-refractivity contribution is 0.0513.